The second kappa shape index (κ2) is 5.20. The van der Waals surface area contributed by atoms with E-state index in [0.29, 0.717) is 16.8 Å². The van der Waals surface area contributed by atoms with E-state index in [1.807, 2.05) is 0 Å². The zero-order valence-electron chi connectivity index (χ0n) is 12.5. The number of hydrogen-bond donors (Lipinski definition) is 1. The summed E-state index contributed by atoms with van der Waals surface area (Å²) in [4.78, 5) is 27.9. The van der Waals surface area contributed by atoms with Gasteiger partial charge >= 0.3 is 5.97 Å². The predicted molar refractivity (Wildman–Crippen MR) is 77.7 cm³/mol. The fourth-order valence-corrected chi connectivity index (χ4v) is 2.04. The van der Waals surface area contributed by atoms with Crippen LogP contribution in [-0.2, 0) is 11.3 Å². The van der Waals surface area contributed by atoms with Gasteiger partial charge in [0.15, 0.2) is 5.82 Å². The second-order valence-electron chi connectivity index (χ2n) is 5.85. The molecule has 1 aromatic carbocycles. The molecule has 0 saturated heterocycles. The van der Waals surface area contributed by atoms with Crippen molar-refractivity contribution in [1.29, 1.82) is 0 Å². The molecule has 0 aliphatic carbocycles. The summed E-state index contributed by atoms with van der Waals surface area (Å²) >= 11 is 0. The number of fused-ring (bicyclic) bond motifs is 1. The molecule has 0 atom stereocenters. The highest BCUT2D eigenvalue weighted by Crippen LogP contribution is 2.26. The van der Waals surface area contributed by atoms with Crippen LogP contribution < -0.4 is 4.74 Å². The number of nitrogens with zero attached hydrogens (tertiary/aromatic N) is 2. The van der Waals surface area contributed by atoms with Crippen LogP contribution in [0.2, 0.25) is 0 Å². The number of carbonyl (C=O) groups excluding carboxylic acids is 1. The third kappa shape index (κ3) is 2.89. The van der Waals surface area contributed by atoms with Crippen molar-refractivity contribution in [2.75, 3.05) is 7.11 Å². The average molecular weight is 290 g/mol. The standard InChI is InChI=1S/C15H18N2O4/c1-15(2,3)13(20)14-16-10-7-9(21-4)5-6-11(10)17(14)8-12(18)19/h5-7H,8H2,1-4H3,(H,18,19). The number of ether oxygens (including phenoxy) is 1. The van der Waals surface area contributed by atoms with E-state index in [1.165, 1.54) is 11.7 Å². The molecular formula is C15H18N2O4. The number of Topliss-reactive ketones (excluding diaryl/α,β-unsaturated/α-hetero) is 1. The molecular weight excluding hydrogens is 272 g/mol. The van der Waals surface area contributed by atoms with E-state index in [9.17, 15) is 9.59 Å². The van der Waals surface area contributed by atoms with Gasteiger partial charge in [-0.15, -0.1) is 0 Å². The van der Waals surface area contributed by atoms with Crippen LogP contribution in [0, 0.1) is 5.41 Å². The Morgan fingerprint density at radius 1 is 1.33 bits per heavy atom. The lowest BCUT2D eigenvalue weighted by atomic mass is 9.90. The van der Waals surface area contributed by atoms with Gasteiger partial charge in [-0.1, -0.05) is 20.8 Å². The van der Waals surface area contributed by atoms with Crippen LogP contribution in [0.3, 0.4) is 0 Å². The van der Waals surface area contributed by atoms with E-state index in [0.717, 1.165) is 0 Å². The number of aromatic nitrogens is 2. The van der Waals surface area contributed by atoms with Crippen molar-refractivity contribution in [2.24, 2.45) is 5.41 Å². The summed E-state index contributed by atoms with van der Waals surface area (Å²) in [5.74, 6) is -0.447. The van der Waals surface area contributed by atoms with E-state index >= 15 is 0 Å². The molecule has 2 rings (SSSR count). The van der Waals surface area contributed by atoms with Gasteiger partial charge in [-0.25, -0.2) is 4.98 Å². The van der Waals surface area contributed by atoms with Gasteiger partial charge in [0.05, 0.1) is 18.1 Å². The molecule has 112 valence electrons. The Morgan fingerprint density at radius 3 is 2.52 bits per heavy atom. The minimum atomic E-state index is -1.02. The summed E-state index contributed by atoms with van der Waals surface area (Å²) in [7, 11) is 1.54. The van der Waals surface area contributed by atoms with Crippen LogP contribution in [0.25, 0.3) is 11.0 Å². The highest BCUT2D eigenvalue weighted by molar-refractivity contribution is 6.00. The molecule has 1 heterocycles. The van der Waals surface area contributed by atoms with Crippen LogP contribution in [0.5, 0.6) is 5.75 Å². The van der Waals surface area contributed by atoms with E-state index in [-0.39, 0.29) is 18.2 Å². The van der Waals surface area contributed by atoms with Crippen LogP contribution in [0.1, 0.15) is 31.4 Å². The number of carboxylic acids is 1. The Balaban J connectivity index is 2.67. The van der Waals surface area contributed by atoms with E-state index < -0.39 is 11.4 Å². The largest absolute Gasteiger partial charge is 0.497 e. The molecule has 1 aromatic heterocycles. The maximum absolute atomic E-state index is 12.5. The first-order chi connectivity index (χ1) is 9.74. The molecule has 0 bridgehead atoms. The highest BCUT2D eigenvalue weighted by Gasteiger charge is 2.29. The zero-order chi connectivity index (χ0) is 15.8. The summed E-state index contributed by atoms with van der Waals surface area (Å²) in [6.45, 7) is 5.03. The van der Waals surface area contributed by atoms with Crippen LogP contribution in [-0.4, -0.2) is 33.5 Å². The Hall–Kier alpha value is -2.37. The highest BCUT2D eigenvalue weighted by atomic mass is 16.5. The quantitative estimate of drug-likeness (QED) is 0.874. The average Bonchev–Trinajstić information content (AvgIpc) is 2.73. The zero-order valence-corrected chi connectivity index (χ0v) is 12.5. The van der Waals surface area contributed by atoms with Crippen LogP contribution in [0.15, 0.2) is 18.2 Å². The first-order valence-corrected chi connectivity index (χ1v) is 6.55. The summed E-state index contributed by atoms with van der Waals surface area (Å²) in [6, 6.07) is 5.12. The smallest absolute Gasteiger partial charge is 0.323 e. The SMILES string of the molecule is COc1ccc2c(c1)nc(C(=O)C(C)(C)C)n2CC(=O)O. The van der Waals surface area contributed by atoms with Crippen molar-refractivity contribution in [2.45, 2.75) is 27.3 Å². The molecule has 21 heavy (non-hydrogen) atoms. The number of ketones is 1. The molecule has 6 nitrogen and oxygen atoms in total. The number of benzene rings is 1. The fourth-order valence-electron chi connectivity index (χ4n) is 2.04. The van der Waals surface area contributed by atoms with Gasteiger partial charge in [0.1, 0.15) is 12.3 Å². The maximum Gasteiger partial charge on any atom is 0.323 e. The number of hydrogen-bond acceptors (Lipinski definition) is 4. The third-order valence-corrected chi connectivity index (χ3v) is 3.13. The van der Waals surface area contributed by atoms with Crippen molar-refractivity contribution in [1.82, 2.24) is 9.55 Å². The number of carbonyl (C=O) groups is 2. The maximum atomic E-state index is 12.5. The van der Waals surface area contributed by atoms with Crippen molar-refractivity contribution >= 4 is 22.8 Å². The first kappa shape index (κ1) is 15.0. The van der Waals surface area contributed by atoms with E-state index in [1.54, 1.807) is 39.0 Å². The molecule has 1 N–H and O–H groups in total. The molecule has 0 saturated carbocycles. The molecule has 0 aliphatic rings. The van der Waals surface area contributed by atoms with Gasteiger partial charge in [-0.2, -0.15) is 0 Å². The van der Waals surface area contributed by atoms with Crippen molar-refractivity contribution in [3.63, 3.8) is 0 Å². The lowest BCUT2D eigenvalue weighted by Gasteiger charge is -2.16. The van der Waals surface area contributed by atoms with Crippen molar-refractivity contribution in [3.8, 4) is 5.75 Å². The van der Waals surface area contributed by atoms with Crippen molar-refractivity contribution in [3.05, 3.63) is 24.0 Å². The molecule has 2 aromatic rings. The van der Waals surface area contributed by atoms with Gasteiger partial charge in [-0.3, -0.25) is 9.59 Å². The summed E-state index contributed by atoms with van der Waals surface area (Å²) in [6.07, 6.45) is 0. The number of methoxy groups -OCH3 is 1. The minimum absolute atomic E-state index is 0.160. The minimum Gasteiger partial charge on any atom is -0.497 e. The van der Waals surface area contributed by atoms with Gasteiger partial charge < -0.3 is 14.4 Å². The van der Waals surface area contributed by atoms with Gasteiger partial charge in [0, 0.05) is 11.5 Å². The van der Waals surface area contributed by atoms with Crippen LogP contribution >= 0.6 is 0 Å². The lowest BCUT2D eigenvalue weighted by molar-refractivity contribution is -0.137. The van der Waals surface area contributed by atoms with E-state index in [4.69, 9.17) is 9.84 Å². The predicted octanol–water partition coefficient (Wildman–Crippen LogP) is 2.36. The first-order valence-electron chi connectivity index (χ1n) is 6.55. The molecule has 0 spiro atoms. The summed E-state index contributed by atoms with van der Waals surface area (Å²) in [5.41, 5.74) is 0.510. The molecule has 0 amide bonds. The lowest BCUT2D eigenvalue weighted by Crippen LogP contribution is -2.25. The normalized spacial score (nSPS) is 11.6. The molecule has 0 unspecified atom stereocenters. The molecule has 0 aliphatic heterocycles. The Kier molecular flexibility index (Phi) is 3.72. The van der Waals surface area contributed by atoms with Gasteiger partial charge in [0.25, 0.3) is 0 Å². The van der Waals surface area contributed by atoms with Gasteiger partial charge in [-0.05, 0) is 12.1 Å². The fraction of sp³-hybridized carbons (Fsp3) is 0.400. The van der Waals surface area contributed by atoms with E-state index in [2.05, 4.69) is 4.98 Å². The Labute approximate surface area is 122 Å². The topological polar surface area (TPSA) is 81.4 Å². The Bertz CT molecular complexity index is 710. The summed E-state index contributed by atoms with van der Waals surface area (Å²) < 4.78 is 6.56. The number of carboxylic acid groups (broad SMARTS) is 1. The number of aliphatic carboxylic acids is 1. The third-order valence-electron chi connectivity index (χ3n) is 3.13. The van der Waals surface area contributed by atoms with Gasteiger partial charge in [0.2, 0.25) is 5.78 Å². The molecule has 6 heteroatoms. The monoisotopic (exact) mass is 290 g/mol. The molecule has 0 radical (unpaired) electrons. The Morgan fingerprint density at radius 2 is 2.00 bits per heavy atom. The molecule has 0 fully saturated rings. The number of rotatable bonds is 4. The number of imidazole rings is 1. The second-order valence-corrected chi connectivity index (χ2v) is 5.85. The summed E-state index contributed by atoms with van der Waals surface area (Å²) in [5, 5.41) is 9.07. The van der Waals surface area contributed by atoms with Crippen LogP contribution in [0.4, 0.5) is 0 Å². The van der Waals surface area contributed by atoms with Crippen molar-refractivity contribution < 1.29 is 19.4 Å².